The quantitative estimate of drug-likeness (QED) is 0.635. The molecule has 0 aliphatic carbocycles. The lowest BCUT2D eigenvalue weighted by Gasteiger charge is -2.34. The highest BCUT2D eigenvalue weighted by Gasteiger charge is 2.33. The Morgan fingerprint density at radius 1 is 1.19 bits per heavy atom. The molecule has 1 aromatic carbocycles. The van der Waals surface area contributed by atoms with Gasteiger partial charge in [0.1, 0.15) is 29.2 Å². The second-order valence-electron chi connectivity index (χ2n) is 7.81. The second-order valence-corrected chi connectivity index (χ2v) is 8.22. The van der Waals surface area contributed by atoms with Crippen LogP contribution in [0.2, 0.25) is 5.02 Å². The third-order valence-corrected chi connectivity index (χ3v) is 5.92. The molecule has 3 amide bonds. The number of halogens is 1. The first kappa shape index (κ1) is 22.2. The minimum Gasteiger partial charge on any atom is -0.494 e. The van der Waals surface area contributed by atoms with Gasteiger partial charge in [-0.15, -0.1) is 0 Å². The zero-order valence-electron chi connectivity index (χ0n) is 18.1. The average Bonchev–Trinajstić information content (AvgIpc) is 3.16. The van der Waals surface area contributed by atoms with Crippen molar-refractivity contribution in [2.45, 2.75) is 25.9 Å². The SMILES string of the molecule is CCOc1ccc(N2CCN(CC(=O)N3CCCC(Oc4ccncc4Cl)C3)C2=O)cc1. The van der Waals surface area contributed by atoms with E-state index in [0.717, 1.165) is 24.3 Å². The van der Waals surface area contributed by atoms with Gasteiger partial charge in [-0.3, -0.25) is 14.7 Å². The van der Waals surface area contributed by atoms with E-state index in [2.05, 4.69) is 4.98 Å². The Kier molecular flexibility index (Phi) is 6.99. The number of carbonyl (C=O) groups is 2. The molecule has 3 heterocycles. The van der Waals surface area contributed by atoms with Gasteiger partial charge in [0, 0.05) is 43.8 Å². The largest absolute Gasteiger partial charge is 0.494 e. The molecule has 0 spiro atoms. The lowest BCUT2D eigenvalue weighted by Crippen LogP contribution is -2.48. The van der Waals surface area contributed by atoms with Crippen molar-refractivity contribution < 1.29 is 19.1 Å². The molecule has 4 rings (SSSR count). The van der Waals surface area contributed by atoms with E-state index in [1.165, 1.54) is 6.20 Å². The molecule has 0 radical (unpaired) electrons. The fourth-order valence-electron chi connectivity index (χ4n) is 4.02. The van der Waals surface area contributed by atoms with E-state index in [1.54, 1.807) is 27.0 Å². The first-order valence-electron chi connectivity index (χ1n) is 10.9. The third kappa shape index (κ3) is 5.07. The molecule has 32 heavy (non-hydrogen) atoms. The number of ether oxygens (including phenoxy) is 2. The van der Waals surface area contributed by atoms with Crippen LogP contribution in [0.1, 0.15) is 19.8 Å². The summed E-state index contributed by atoms with van der Waals surface area (Å²) in [5.74, 6) is 1.27. The number of rotatable bonds is 7. The predicted octanol–water partition coefficient (Wildman–Crippen LogP) is 3.45. The highest BCUT2D eigenvalue weighted by Crippen LogP contribution is 2.26. The number of piperidine rings is 1. The van der Waals surface area contributed by atoms with Crippen molar-refractivity contribution in [1.82, 2.24) is 14.8 Å². The van der Waals surface area contributed by atoms with Gasteiger partial charge in [0.05, 0.1) is 13.2 Å². The maximum atomic E-state index is 12.9. The number of aromatic nitrogens is 1. The third-order valence-electron chi connectivity index (χ3n) is 5.64. The Bertz CT molecular complexity index is 955. The van der Waals surface area contributed by atoms with Crippen LogP contribution in [0.25, 0.3) is 0 Å². The van der Waals surface area contributed by atoms with Crippen molar-refractivity contribution in [3.63, 3.8) is 0 Å². The number of anilines is 1. The molecule has 2 aliphatic heterocycles. The number of benzene rings is 1. The molecule has 1 unspecified atom stereocenters. The van der Waals surface area contributed by atoms with E-state index in [9.17, 15) is 9.59 Å². The summed E-state index contributed by atoms with van der Waals surface area (Å²) in [7, 11) is 0. The van der Waals surface area contributed by atoms with Gasteiger partial charge in [-0.05, 0) is 44.0 Å². The van der Waals surface area contributed by atoms with Crippen molar-refractivity contribution in [1.29, 1.82) is 0 Å². The molecule has 2 fully saturated rings. The van der Waals surface area contributed by atoms with E-state index >= 15 is 0 Å². The summed E-state index contributed by atoms with van der Waals surface area (Å²) >= 11 is 6.14. The molecular weight excluding hydrogens is 432 g/mol. The fourth-order valence-corrected chi connectivity index (χ4v) is 4.18. The molecule has 170 valence electrons. The Balaban J connectivity index is 1.32. The zero-order chi connectivity index (χ0) is 22.5. The number of hydrogen-bond acceptors (Lipinski definition) is 5. The Labute approximate surface area is 192 Å². The molecule has 1 aromatic heterocycles. The topological polar surface area (TPSA) is 75.2 Å². The van der Waals surface area contributed by atoms with Gasteiger partial charge in [0.15, 0.2) is 0 Å². The molecule has 1 atom stereocenters. The van der Waals surface area contributed by atoms with Gasteiger partial charge in [0.2, 0.25) is 5.91 Å². The number of hydrogen-bond donors (Lipinski definition) is 0. The van der Waals surface area contributed by atoms with Crippen molar-refractivity contribution in [2.24, 2.45) is 0 Å². The van der Waals surface area contributed by atoms with Crippen LogP contribution in [0.15, 0.2) is 42.7 Å². The lowest BCUT2D eigenvalue weighted by molar-refractivity contribution is -0.134. The minimum atomic E-state index is -0.157. The Morgan fingerprint density at radius 3 is 2.75 bits per heavy atom. The highest BCUT2D eigenvalue weighted by atomic mass is 35.5. The van der Waals surface area contributed by atoms with Crippen LogP contribution in [-0.2, 0) is 4.79 Å². The van der Waals surface area contributed by atoms with E-state index < -0.39 is 0 Å². The normalized spacial score (nSPS) is 18.8. The number of likely N-dealkylation sites (tertiary alicyclic amines) is 1. The first-order chi connectivity index (χ1) is 15.5. The molecule has 0 saturated carbocycles. The second kappa shape index (κ2) is 10.1. The standard InChI is InChI=1S/C23H27ClN4O4/c1-2-31-18-7-5-17(6-8-18)28-13-12-27(23(28)30)16-22(29)26-11-3-4-19(15-26)32-21-9-10-25-14-20(21)24/h5-10,14,19H,2-4,11-13,15-16H2,1H3. The number of pyridine rings is 1. The van der Waals surface area contributed by atoms with E-state index in [1.807, 2.05) is 31.2 Å². The van der Waals surface area contributed by atoms with Crippen LogP contribution in [0.5, 0.6) is 11.5 Å². The van der Waals surface area contributed by atoms with Crippen LogP contribution in [0, 0.1) is 0 Å². The Morgan fingerprint density at radius 2 is 2.00 bits per heavy atom. The lowest BCUT2D eigenvalue weighted by atomic mass is 10.1. The predicted molar refractivity (Wildman–Crippen MR) is 121 cm³/mol. The maximum absolute atomic E-state index is 12.9. The molecule has 0 N–H and O–H groups in total. The summed E-state index contributed by atoms with van der Waals surface area (Å²) in [6, 6.07) is 9.00. The summed E-state index contributed by atoms with van der Waals surface area (Å²) in [5, 5.41) is 0.452. The van der Waals surface area contributed by atoms with Crippen molar-refractivity contribution in [2.75, 3.05) is 44.2 Å². The van der Waals surface area contributed by atoms with Crippen LogP contribution in [0.3, 0.4) is 0 Å². The summed E-state index contributed by atoms with van der Waals surface area (Å²) in [6.45, 7) is 4.78. The monoisotopic (exact) mass is 458 g/mol. The first-order valence-corrected chi connectivity index (χ1v) is 11.3. The van der Waals surface area contributed by atoms with Gasteiger partial charge in [-0.2, -0.15) is 0 Å². The van der Waals surface area contributed by atoms with Crippen LogP contribution >= 0.6 is 11.6 Å². The minimum absolute atomic E-state index is 0.0646. The van der Waals surface area contributed by atoms with Gasteiger partial charge >= 0.3 is 6.03 Å². The summed E-state index contributed by atoms with van der Waals surface area (Å²) in [4.78, 5) is 34.8. The van der Waals surface area contributed by atoms with E-state index in [-0.39, 0.29) is 24.6 Å². The number of amides is 3. The molecule has 2 saturated heterocycles. The summed E-state index contributed by atoms with van der Waals surface area (Å²) in [6.07, 6.45) is 4.71. The Hall–Kier alpha value is -3.00. The van der Waals surface area contributed by atoms with Gasteiger partial charge in [0.25, 0.3) is 0 Å². The van der Waals surface area contributed by atoms with Crippen molar-refractivity contribution >= 4 is 29.2 Å². The van der Waals surface area contributed by atoms with Crippen LogP contribution in [-0.4, -0.2) is 72.2 Å². The number of carbonyl (C=O) groups excluding carboxylic acids is 2. The van der Waals surface area contributed by atoms with Crippen LogP contribution < -0.4 is 14.4 Å². The summed E-state index contributed by atoms with van der Waals surface area (Å²) < 4.78 is 11.5. The molecule has 8 nitrogen and oxygen atoms in total. The smallest absolute Gasteiger partial charge is 0.325 e. The van der Waals surface area contributed by atoms with E-state index in [0.29, 0.717) is 43.6 Å². The highest BCUT2D eigenvalue weighted by molar-refractivity contribution is 6.31. The van der Waals surface area contributed by atoms with E-state index in [4.69, 9.17) is 21.1 Å². The zero-order valence-corrected chi connectivity index (χ0v) is 18.8. The molecule has 9 heteroatoms. The average molecular weight is 459 g/mol. The van der Waals surface area contributed by atoms with Gasteiger partial charge in [-0.1, -0.05) is 11.6 Å². The molecule has 2 aromatic rings. The van der Waals surface area contributed by atoms with Crippen molar-refractivity contribution in [3.8, 4) is 11.5 Å². The fraction of sp³-hybridized carbons (Fsp3) is 0.435. The maximum Gasteiger partial charge on any atom is 0.325 e. The van der Waals surface area contributed by atoms with Gasteiger partial charge in [-0.25, -0.2) is 4.79 Å². The number of nitrogens with zero attached hydrogens (tertiary/aromatic N) is 4. The summed E-state index contributed by atoms with van der Waals surface area (Å²) in [5.41, 5.74) is 0.800. The molecule has 0 bridgehead atoms. The molecule has 2 aliphatic rings. The van der Waals surface area contributed by atoms with Crippen LogP contribution in [0.4, 0.5) is 10.5 Å². The van der Waals surface area contributed by atoms with Crippen molar-refractivity contribution in [3.05, 3.63) is 47.7 Å². The van der Waals surface area contributed by atoms with Gasteiger partial charge < -0.3 is 19.3 Å². The number of urea groups is 1. The molecular formula is C23H27ClN4O4.